The van der Waals surface area contributed by atoms with E-state index >= 15 is 0 Å². The van der Waals surface area contributed by atoms with Crippen molar-refractivity contribution in [2.24, 2.45) is 0 Å². The van der Waals surface area contributed by atoms with Crippen LogP contribution in [0, 0.1) is 0 Å². The number of hydrogen-bond acceptors (Lipinski definition) is 5. The van der Waals surface area contributed by atoms with Gasteiger partial charge in [-0.1, -0.05) is 41.9 Å². The largest absolute Gasteiger partial charge is 0.494 e. The lowest BCUT2D eigenvalue weighted by Crippen LogP contribution is -2.31. The number of benzene rings is 2. The van der Waals surface area contributed by atoms with Crippen molar-refractivity contribution >= 4 is 40.8 Å². The third kappa shape index (κ3) is 4.24. The lowest BCUT2D eigenvalue weighted by Gasteiger charge is -2.16. The van der Waals surface area contributed by atoms with Gasteiger partial charge in [0.25, 0.3) is 11.8 Å². The lowest BCUT2D eigenvalue weighted by atomic mass is 10.1. The van der Waals surface area contributed by atoms with Gasteiger partial charge in [0, 0.05) is 10.8 Å². The number of aliphatic hydroxyl groups excluding tert-OH is 1. The van der Waals surface area contributed by atoms with Gasteiger partial charge in [-0.3, -0.25) is 14.5 Å². The van der Waals surface area contributed by atoms with Crippen LogP contribution in [0.1, 0.15) is 18.1 Å². The molecule has 1 aliphatic rings. The van der Waals surface area contributed by atoms with E-state index in [4.69, 9.17) is 16.3 Å². The van der Waals surface area contributed by atoms with Crippen LogP contribution in [0.3, 0.4) is 0 Å². The molecule has 0 aromatic heterocycles. The maximum absolute atomic E-state index is 13.1. The summed E-state index contributed by atoms with van der Waals surface area (Å²) in [6, 6.07) is 14.2. The van der Waals surface area contributed by atoms with Crippen molar-refractivity contribution in [3.05, 3.63) is 69.6 Å². The minimum atomic E-state index is -0.368. The minimum absolute atomic E-state index is 0.0866. The molecule has 2 aromatic rings. The number of halogens is 1. The Hall–Kier alpha value is -2.28. The van der Waals surface area contributed by atoms with E-state index in [1.54, 1.807) is 42.5 Å². The molecule has 3 rings (SSSR count). The van der Waals surface area contributed by atoms with E-state index in [1.807, 2.05) is 13.0 Å². The molecule has 2 amide bonds. The standard InChI is InChI=1S/C21H20ClNO4S/c1-2-27-16-9-7-14(8-10-16)18-19(28-12-11-24)21(26)23(20(18)25)13-15-5-3-4-6-17(15)22/h3-10,24H,2,11-13H2,1H3. The van der Waals surface area contributed by atoms with E-state index in [1.165, 1.54) is 16.7 Å². The van der Waals surface area contributed by atoms with Crippen molar-refractivity contribution in [3.8, 4) is 5.75 Å². The molecule has 5 nitrogen and oxygen atoms in total. The van der Waals surface area contributed by atoms with Gasteiger partial charge in [-0.15, -0.1) is 11.8 Å². The Morgan fingerprint density at radius 1 is 1.07 bits per heavy atom. The average Bonchev–Trinajstić information content (AvgIpc) is 2.93. The van der Waals surface area contributed by atoms with E-state index < -0.39 is 0 Å². The zero-order chi connectivity index (χ0) is 20.1. The molecule has 0 spiro atoms. The summed E-state index contributed by atoms with van der Waals surface area (Å²) >= 11 is 7.39. The molecule has 0 unspecified atom stereocenters. The molecule has 1 heterocycles. The summed E-state index contributed by atoms with van der Waals surface area (Å²) in [7, 11) is 0. The third-order valence-electron chi connectivity index (χ3n) is 4.20. The zero-order valence-electron chi connectivity index (χ0n) is 15.4. The molecule has 0 fully saturated rings. The van der Waals surface area contributed by atoms with Crippen LogP contribution in [0.4, 0.5) is 0 Å². The highest BCUT2D eigenvalue weighted by atomic mass is 35.5. The van der Waals surface area contributed by atoms with Gasteiger partial charge in [0.15, 0.2) is 0 Å². The van der Waals surface area contributed by atoms with Gasteiger partial charge >= 0.3 is 0 Å². The molecule has 146 valence electrons. The molecular weight excluding hydrogens is 398 g/mol. The Bertz CT molecular complexity index is 911. The maximum Gasteiger partial charge on any atom is 0.268 e. The number of imide groups is 1. The summed E-state index contributed by atoms with van der Waals surface area (Å²) in [5.74, 6) is 0.289. The number of aliphatic hydroxyl groups is 1. The van der Waals surface area contributed by atoms with E-state index in [9.17, 15) is 14.7 Å². The zero-order valence-corrected chi connectivity index (χ0v) is 16.9. The fourth-order valence-corrected chi connectivity index (χ4v) is 3.99. The number of thioether (sulfide) groups is 1. The van der Waals surface area contributed by atoms with Crippen molar-refractivity contribution in [1.82, 2.24) is 4.90 Å². The van der Waals surface area contributed by atoms with Crippen molar-refractivity contribution in [1.29, 1.82) is 0 Å². The summed E-state index contributed by atoms with van der Waals surface area (Å²) in [5.41, 5.74) is 1.69. The first-order chi connectivity index (χ1) is 13.6. The fourth-order valence-electron chi connectivity index (χ4n) is 2.92. The second kappa shape index (κ2) is 9.28. The molecular formula is C21H20ClNO4S. The third-order valence-corrected chi connectivity index (χ3v) is 5.63. The molecule has 2 aromatic carbocycles. The van der Waals surface area contributed by atoms with Crippen LogP contribution in [0.5, 0.6) is 5.75 Å². The lowest BCUT2D eigenvalue weighted by molar-refractivity contribution is -0.137. The van der Waals surface area contributed by atoms with Crippen LogP contribution in [0.25, 0.3) is 5.57 Å². The second-order valence-electron chi connectivity index (χ2n) is 6.02. The Morgan fingerprint density at radius 3 is 2.43 bits per heavy atom. The number of hydrogen-bond donors (Lipinski definition) is 1. The Labute approximate surface area is 172 Å². The molecule has 0 aliphatic carbocycles. The molecule has 0 saturated carbocycles. The van der Waals surface area contributed by atoms with Crippen LogP contribution >= 0.6 is 23.4 Å². The second-order valence-corrected chi connectivity index (χ2v) is 7.53. The average molecular weight is 418 g/mol. The number of rotatable bonds is 8. The molecule has 28 heavy (non-hydrogen) atoms. The first kappa shape index (κ1) is 20.5. The van der Waals surface area contributed by atoms with Crippen molar-refractivity contribution in [2.45, 2.75) is 13.5 Å². The Morgan fingerprint density at radius 2 is 1.79 bits per heavy atom. The van der Waals surface area contributed by atoms with Gasteiger partial charge in [-0.25, -0.2) is 0 Å². The quantitative estimate of drug-likeness (QED) is 0.662. The summed E-state index contributed by atoms with van der Waals surface area (Å²) in [4.78, 5) is 27.6. The van der Waals surface area contributed by atoms with Crippen molar-refractivity contribution in [2.75, 3.05) is 19.0 Å². The van der Waals surface area contributed by atoms with Gasteiger partial charge in [-0.05, 0) is 36.2 Å². The molecule has 0 atom stereocenters. The topological polar surface area (TPSA) is 66.8 Å². The molecule has 0 bridgehead atoms. The predicted octanol–water partition coefficient (Wildman–Crippen LogP) is 3.74. The summed E-state index contributed by atoms with van der Waals surface area (Å²) in [5, 5.41) is 9.68. The minimum Gasteiger partial charge on any atom is -0.494 e. The molecule has 1 aliphatic heterocycles. The van der Waals surface area contributed by atoms with E-state index in [0.717, 1.165) is 0 Å². The van der Waals surface area contributed by atoms with Gasteiger partial charge in [-0.2, -0.15) is 0 Å². The normalized spacial score (nSPS) is 14.2. The van der Waals surface area contributed by atoms with E-state index in [-0.39, 0.29) is 25.0 Å². The highest BCUT2D eigenvalue weighted by Gasteiger charge is 2.39. The first-order valence-corrected chi connectivity index (χ1v) is 10.2. The van der Waals surface area contributed by atoms with Gasteiger partial charge < -0.3 is 9.84 Å². The van der Waals surface area contributed by atoms with Gasteiger partial charge in [0.1, 0.15) is 5.75 Å². The van der Waals surface area contributed by atoms with Gasteiger partial charge in [0.05, 0.1) is 30.2 Å². The van der Waals surface area contributed by atoms with Gasteiger partial charge in [0.2, 0.25) is 0 Å². The number of ether oxygens (including phenoxy) is 1. The smallest absolute Gasteiger partial charge is 0.268 e. The summed E-state index contributed by atoms with van der Waals surface area (Å²) in [6.45, 7) is 2.45. The predicted molar refractivity (Wildman–Crippen MR) is 111 cm³/mol. The highest BCUT2D eigenvalue weighted by molar-refractivity contribution is 8.04. The van der Waals surface area contributed by atoms with E-state index in [2.05, 4.69) is 0 Å². The maximum atomic E-state index is 13.1. The summed E-state index contributed by atoms with van der Waals surface area (Å²) in [6.07, 6.45) is 0. The number of nitrogens with zero attached hydrogens (tertiary/aromatic N) is 1. The Kier molecular flexibility index (Phi) is 6.78. The SMILES string of the molecule is CCOc1ccc(C2=C(SCCO)C(=O)N(Cc3ccccc3Cl)C2=O)cc1. The van der Waals surface area contributed by atoms with E-state index in [0.29, 0.717) is 44.7 Å². The fraction of sp³-hybridized carbons (Fsp3) is 0.238. The van der Waals surface area contributed by atoms with Crippen LogP contribution < -0.4 is 4.74 Å². The monoisotopic (exact) mass is 417 g/mol. The van der Waals surface area contributed by atoms with Crippen molar-refractivity contribution in [3.63, 3.8) is 0 Å². The molecule has 0 saturated heterocycles. The number of amides is 2. The van der Waals surface area contributed by atoms with Crippen molar-refractivity contribution < 1.29 is 19.4 Å². The summed E-state index contributed by atoms with van der Waals surface area (Å²) < 4.78 is 5.45. The first-order valence-electron chi connectivity index (χ1n) is 8.87. The number of carbonyl (C=O) groups is 2. The molecule has 7 heteroatoms. The molecule has 1 N–H and O–H groups in total. The van der Waals surface area contributed by atoms with Crippen LogP contribution in [0.15, 0.2) is 53.4 Å². The Balaban J connectivity index is 1.94. The highest BCUT2D eigenvalue weighted by Crippen LogP contribution is 2.37. The van der Waals surface area contributed by atoms with Crippen LogP contribution in [0.2, 0.25) is 5.02 Å². The molecule has 0 radical (unpaired) electrons. The van der Waals surface area contributed by atoms with Crippen LogP contribution in [-0.2, 0) is 16.1 Å². The number of carbonyl (C=O) groups excluding carboxylic acids is 2. The van der Waals surface area contributed by atoms with Crippen LogP contribution in [-0.4, -0.2) is 40.8 Å².